The SMILES string of the molecule is O=C(NCCN1CCCc2ccccc21)C1CC(c2cccc(Cl)c2)NN1. The molecule has 1 saturated heterocycles. The van der Waals surface area contributed by atoms with Crippen LogP contribution in [0.5, 0.6) is 0 Å². The van der Waals surface area contributed by atoms with Gasteiger partial charge in [0.15, 0.2) is 0 Å². The van der Waals surface area contributed by atoms with Crippen LogP contribution in [0.1, 0.15) is 30.0 Å². The van der Waals surface area contributed by atoms with Crippen LogP contribution >= 0.6 is 11.6 Å². The van der Waals surface area contributed by atoms with Crippen LogP contribution in [0.25, 0.3) is 0 Å². The van der Waals surface area contributed by atoms with Gasteiger partial charge in [0, 0.05) is 36.4 Å². The van der Waals surface area contributed by atoms with Gasteiger partial charge in [0.25, 0.3) is 0 Å². The Kier molecular flexibility index (Phi) is 5.62. The minimum absolute atomic E-state index is 0.0392. The summed E-state index contributed by atoms with van der Waals surface area (Å²) in [5, 5.41) is 3.79. The lowest BCUT2D eigenvalue weighted by Gasteiger charge is -2.31. The highest BCUT2D eigenvalue weighted by atomic mass is 35.5. The van der Waals surface area contributed by atoms with Crippen molar-refractivity contribution in [1.29, 1.82) is 0 Å². The molecule has 1 amide bonds. The van der Waals surface area contributed by atoms with E-state index in [2.05, 4.69) is 45.3 Å². The number of carbonyl (C=O) groups is 1. The number of benzene rings is 2. The Morgan fingerprint density at radius 3 is 2.96 bits per heavy atom. The number of hydrogen-bond donors (Lipinski definition) is 3. The number of amides is 1. The maximum absolute atomic E-state index is 12.5. The van der Waals surface area contributed by atoms with Gasteiger partial charge in [-0.25, -0.2) is 10.9 Å². The van der Waals surface area contributed by atoms with Gasteiger partial charge in [-0.2, -0.15) is 0 Å². The Morgan fingerprint density at radius 1 is 1.19 bits per heavy atom. The lowest BCUT2D eigenvalue weighted by Crippen LogP contribution is -2.45. The average molecular weight is 385 g/mol. The standard InChI is InChI=1S/C21H25ClN4O/c22-17-8-3-6-16(13-17)18-14-19(25-24-18)21(27)23-10-12-26-11-4-7-15-5-1-2-9-20(15)26/h1-3,5-6,8-9,13,18-19,24-25H,4,7,10-12,14H2,(H,23,27). The van der Waals surface area contributed by atoms with Crippen molar-refractivity contribution in [2.24, 2.45) is 0 Å². The largest absolute Gasteiger partial charge is 0.370 e. The third kappa shape index (κ3) is 4.26. The van der Waals surface area contributed by atoms with E-state index in [1.165, 1.54) is 17.7 Å². The number of nitrogens with zero attached hydrogens (tertiary/aromatic N) is 1. The highest BCUT2D eigenvalue weighted by molar-refractivity contribution is 6.30. The Balaban J connectivity index is 1.27. The Labute approximate surface area is 165 Å². The molecule has 3 N–H and O–H groups in total. The fourth-order valence-corrected chi connectivity index (χ4v) is 4.15. The Bertz CT molecular complexity index is 812. The smallest absolute Gasteiger partial charge is 0.238 e. The van der Waals surface area contributed by atoms with Crippen LogP contribution in [0, 0.1) is 0 Å². The second-order valence-corrected chi connectivity index (χ2v) is 7.63. The summed E-state index contributed by atoms with van der Waals surface area (Å²) >= 11 is 6.07. The summed E-state index contributed by atoms with van der Waals surface area (Å²) in [7, 11) is 0. The van der Waals surface area contributed by atoms with Gasteiger partial charge < -0.3 is 10.2 Å². The topological polar surface area (TPSA) is 56.4 Å². The molecule has 2 aromatic rings. The second-order valence-electron chi connectivity index (χ2n) is 7.19. The number of fused-ring (bicyclic) bond motifs is 1. The zero-order valence-electron chi connectivity index (χ0n) is 15.2. The number of aryl methyl sites for hydroxylation is 1. The molecule has 5 nitrogen and oxygen atoms in total. The van der Waals surface area contributed by atoms with E-state index >= 15 is 0 Å². The van der Waals surface area contributed by atoms with Crippen LogP contribution < -0.4 is 21.1 Å². The molecule has 2 aliphatic heterocycles. The van der Waals surface area contributed by atoms with Crippen LogP contribution in [0.15, 0.2) is 48.5 Å². The van der Waals surface area contributed by atoms with Crippen molar-refractivity contribution < 1.29 is 4.79 Å². The van der Waals surface area contributed by atoms with Crippen LogP contribution in [-0.4, -0.2) is 31.6 Å². The molecule has 2 aliphatic rings. The lowest BCUT2D eigenvalue weighted by molar-refractivity contribution is -0.122. The van der Waals surface area contributed by atoms with Gasteiger partial charge in [-0.15, -0.1) is 0 Å². The highest BCUT2D eigenvalue weighted by Crippen LogP contribution is 2.26. The predicted octanol–water partition coefficient (Wildman–Crippen LogP) is 2.82. The zero-order valence-corrected chi connectivity index (χ0v) is 16.0. The van der Waals surface area contributed by atoms with Crippen molar-refractivity contribution in [2.75, 3.05) is 24.5 Å². The number of hydrazine groups is 1. The Morgan fingerprint density at radius 2 is 2.07 bits per heavy atom. The molecule has 6 heteroatoms. The molecule has 27 heavy (non-hydrogen) atoms. The molecular weight excluding hydrogens is 360 g/mol. The number of anilines is 1. The summed E-state index contributed by atoms with van der Waals surface area (Å²) < 4.78 is 0. The van der Waals surface area contributed by atoms with Gasteiger partial charge in [-0.1, -0.05) is 41.9 Å². The molecule has 2 heterocycles. The zero-order chi connectivity index (χ0) is 18.6. The van der Waals surface area contributed by atoms with Crippen molar-refractivity contribution in [3.63, 3.8) is 0 Å². The third-order valence-electron chi connectivity index (χ3n) is 5.36. The molecule has 4 rings (SSSR count). The first-order chi connectivity index (χ1) is 13.2. The molecule has 2 atom stereocenters. The molecule has 0 aliphatic carbocycles. The number of para-hydroxylation sites is 1. The molecule has 1 fully saturated rings. The van der Waals surface area contributed by atoms with E-state index in [0.717, 1.165) is 25.1 Å². The van der Waals surface area contributed by atoms with E-state index in [0.29, 0.717) is 18.0 Å². The number of nitrogens with one attached hydrogen (secondary N) is 3. The van der Waals surface area contributed by atoms with E-state index in [9.17, 15) is 4.79 Å². The summed E-state index contributed by atoms with van der Waals surface area (Å²) in [6, 6.07) is 16.2. The van der Waals surface area contributed by atoms with Crippen molar-refractivity contribution in [3.05, 3.63) is 64.7 Å². The van der Waals surface area contributed by atoms with Crippen LogP contribution in [0.2, 0.25) is 5.02 Å². The lowest BCUT2D eigenvalue weighted by atomic mass is 10.0. The van der Waals surface area contributed by atoms with Crippen molar-refractivity contribution >= 4 is 23.2 Å². The summed E-state index contributed by atoms with van der Waals surface area (Å²) in [4.78, 5) is 14.9. The average Bonchev–Trinajstić information content (AvgIpc) is 3.18. The molecule has 0 saturated carbocycles. The van der Waals surface area contributed by atoms with E-state index < -0.39 is 0 Å². The molecule has 2 unspecified atom stereocenters. The van der Waals surface area contributed by atoms with E-state index in [1.54, 1.807) is 0 Å². The van der Waals surface area contributed by atoms with Gasteiger partial charge >= 0.3 is 0 Å². The summed E-state index contributed by atoms with van der Waals surface area (Å²) in [5.74, 6) is 0.0392. The first-order valence-corrected chi connectivity index (χ1v) is 9.95. The molecule has 2 aromatic carbocycles. The maximum Gasteiger partial charge on any atom is 0.238 e. The molecule has 0 radical (unpaired) electrons. The quantitative estimate of drug-likeness (QED) is 0.742. The first kappa shape index (κ1) is 18.3. The summed E-state index contributed by atoms with van der Waals surface area (Å²) in [6.07, 6.45) is 3.01. The third-order valence-corrected chi connectivity index (χ3v) is 5.59. The fraction of sp³-hybridized carbons (Fsp3) is 0.381. The number of carbonyl (C=O) groups excluding carboxylic acids is 1. The number of rotatable bonds is 5. The van der Waals surface area contributed by atoms with E-state index in [4.69, 9.17) is 11.6 Å². The van der Waals surface area contributed by atoms with Gasteiger partial charge in [-0.3, -0.25) is 4.79 Å². The van der Waals surface area contributed by atoms with E-state index in [1.807, 2.05) is 24.3 Å². The monoisotopic (exact) mass is 384 g/mol. The number of halogens is 1. The van der Waals surface area contributed by atoms with Gasteiger partial charge in [0.05, 0.1) is 0 Å². The van der Waals surface area contributed by atoms with Crippen LogP contribution in [0.3, 0.4) is 0 Å². The second kappa shape index (κ2) is 8.30. The van der Waals surface area contributed by atoms with Crippen LogP contribution in [0.4, 0.5) is 5.69 Å². The van der Waals surface area contributed by atoms with Gasteiger partial charge in [0.2, 0.25) is 5.91 Å². The van der Waals surface area contributed by atoms with Crippen molar-refractivity contribution in [1.82, 2.24) is 16.2 Å². The van der Waals surface area contributed by atoms with Crippen LogP contribution in [-0.2, 0) is 11.2 Å². The summed E-state index contributed by atoms with van der Waals surface area (Å²) in [5.41, 5.74) is 10.1. The number of hydrogen-bond acceptors (Lipinski definition) is 4. The minimum atomic E-state index is -0.234. The van der Waals surface area contributed by atoms with Gasteiger partial charge in [-0.05, 0) is 48.6 Å². The molecular formula is C21H25ClN4O. The molecule has 0 aromatic heterocycles. The van der Waals surface area contributed by atoms with E-state index in [-0.39, 0.29) is 18.0 Å². The predicted molar refractivity (Wildman–Crippen MR) is 109 cm³/mol. The molecule has 0 bridgehead atoms. The van der Waals surface area contributed by atoms with Crippen molar-refractivity contribution in [3.8, 4) is 0 Å². The first-order valence-electron chi connectivity index (χ1n) is 9.58. The minimum Gasteiger partial charge on any atom is -0.370 e. The maximum atomic E-state index is 12.5. The van der Waals surface area contributed by atoms with Crippen molar-refractivity contribution in [2.45, 2.75) is 31.3 Å². The molecule has 0 spiro atoms. The summed E-state index contributed by atoms with van der Waals surface area (Å²) in [6.45, 7) is 2.53. The normalized spacial score (nSPS) is 21.7. The fourth-order valence-electron chi connectivity index (χ4n) is 3.95. The molecule has 142 valence electrons. The highest BCUT2D eigenvalue weighted by Gasteiger charge is 2.30. The Hall–Kier alpha value is -2.08. The van der Waals surface area contributed by atoms with Gasteiger partial charge in [0.1, 0.15) is 6.04 Å².